The average molecular weight is 349 g/mol. The third-order valence-corrected chi connectivity index (χ3v) is 4.08. The van der Waals surface area contributed by atoms with Crippen LogP contribution in [0.15, 0.2) is 0 Å². The van der Waals surface area contributed by atoms with Gasteiger partial charge < -0.3 is 9.80 Å². The minimum atomic E-state index is -4.68. The summed E-state index contributed by atoms with van der Waals surface area (Å²) in [6.07, 6.45) is -4.68. The molecule has 0 spiro atoms. The van der Waals surface area contributed by atoms with Crippen molar-refractivity contribution in [2.45, 2.75) is 19.6 Å². The Hall–Kier alpha value is -1.71. The fourth-order valence-corrected chi connectivity index (χ4v) is 2.51. The van der Waals surface area contributed by atoms with Crippen LogP contribution in [0.2, 0.25) is 5.02 Å². The number of hydrogen-bond acceptors (Lipinski definition) is 3. The molecule has 124 valence electrons. The standard InChI is InChI=1S/C12H13BClF3N4O2/c1-7-9(14)10(12(15,16)17)18-21(7)6-8(22)19-2-4-20(5-3-19)11(13)23/h2-6H2,1H3. The first-order chi connectivity index (χ1) is 10.6. The minimum Gasteiger partial charge on any atom is -0.349 e. The van der Waals surface area contributed by atoms with E-state index >= 15 is 0 Å². The molecule has 1 aliphatic heterocycles. The second-order valence-corrected chi connectivity index (χ2v) is 5.49. The van der Waals surface area contributed by atoms with Crippen LogP contribution in [-0.4, -0.2) is 65.3 Å². The van der Waals surface area contributed by atoms with Crippen LogP contribution in [0.25, 0.3) is 0 Å². The van der Waals surface area contributed by atoms with Gasteiger partial charge in [-0.25, -0.2) is 0 Å². The molecule has 2 amide bonds. The van der Waals surface area contributed by atoms with Gasteiger partial charge in [-0.3, -0.25) is 14.3 Å². The minimum absolute atomic E-state index is 0.0723. The molecule has 1 saturated heterocycles. The zero-order valence-corrected chi connectivity index (χ0v) is 13.0. The van der Waals surface area contributed by atoms with E-state index < -0.39 is 28.6 Å². The maximum atomic E-state index is 12.7. The highest BCUT2D eigenvalue weighted by molar-refractivity contribution is 6.56. The third-order valence-electron chi connectivity index (χ3n) is 3.63. The number of piperazine rings is 1. The molecule has 0 aromatic carbocycles. The van der Waals surface area contributed by atoms with Gasteiger partial charge in [-0.05, 0) is 6.92 Å². The van der Waals surface area contributed by atoms with Crippen LogP contribution in [0.3, 0.4) is 0 Å². The molecule has 1 aliphatic rings. The predicted octanol–water partition coefficient (Wildman–Crippen LogP) is 1.30. The topological polar surface area (TPSA) is 58.4 Å². The second kappa shape index (κ2) is 6.42. The Bertz CT molecular complexity index is 627. The van der Waals surface area contributed by atoms with Gasteiger partial charge in [-0.15, -0.1) is 0 Å². The van der Waals surface area contributed by atoms with E-state index in [0.29, 0.717) is 0 Å². The van der Waals surface area contributed by atoms with Crippen molar-refractivity contribution in [1.82, 2.24) is 19.6 Å². The molecule has 1 aromatic heterocycles. The summed E-state index contributed by atoms with van der Waals surface area (Å²) in [6, 6.07) is 0. The highest BCUT2D eigenvalue weighted by Crippen LogP contribution is 2.35. The Kier molecular flexibility index (Phi) is 4.93. The van der Waals surface area contributed by atoms with Crippen LogP contribution < -0.4 is 0 Å². The van der Waals surface area contributed by atoms with E-state index in [0.717, 1.165) is 4.68 Å². The summed E-state index contributed by atoms with van der Waals surface area (Å²) >= 11 is 5.64. The number of carbonyl (C=O) groups is 2. The number of alkyl halides is 3. The number of rotatable bonds is 2. The Morgan fingerprint density at radius 1 is 1.22 bits per heavy atom. The molecule has 23 heavy (non-hydrogen) atoms. The van der Waals surface area contributed by atoms with Crippen molar-refractivity contribution < 1.29 is 22.8 Å². The molecule has 11 heteroatoms. The van der Waals surface area contributed by atoms with Crippen molar-refractivity contribution >= 4 is 31.2 Å². The molecule has 1 fully saturated rings. The largest absolute Gasteiger partial charge is 0.436 e. The Morgan fingerprint density at radius 3 is 2.17 bits per heavy atom. The van der Waals surface area contributed by atoms with Crippen molar-refractivity contribution in [2.75, 3.05) is 26.2 Å². The van der Waals surface area contributed by atoms with Gasteiger partial charge in [0.2, 0.25) is 13.8 Å². The molecule has 0 atom stereocenters. The first-order valence-corrected chi connectivity index (χ1v) is 7.11. The van der Waals surface area contributed by atoms with Gasteiger partial charge in [-0.1, -0.05) is 11.6 Å². The van der Waals surface area contributed by atoms with Gasteiger partial charge >= 0.3 is 6.18 Å². The first kappa shape index (κ1) is 17.6. The zero-order chi connectivity index (χ0) is 17.4. The van der Waals surface area contributed by atoms with Crippen LogP contribution in [0.4, 0.5) is 18.0 Å². The highest BCUT2D eigenvalue weighted by atomic mass is 35.5. The lowest BCUT2D eigenvalue weighted by atomic mass is 10.1. The summed E-state index contributed by atoms with van der Waals surface area (Å²) < 4.78 is 39.2. The zero-order valence-electron chi connectivity index (χ0n) is 12.2. The molecule has 0 N–H and O–H groups in total. The van der Waals surface area contributed by atoms with Crippen LogP contribution >= 0.6 is 11.6 Å². The molecule has 2 radical (unpaired) electrons. The molecule has 0 aliphatic carbocycles. The van der Waals surface area contributed by atoms with Gasteiger partial charge in [0.15, 0.2) is 11.5 Å². The molecular weight excluding hydrogens is 335 g/mol. The maximum absolute atomic E-state index is 12.7. The third kappa shape index (κ3) is 3.80. The van der Waals surface area contributed by atoms with Gasteiger partial charge in [0.05, 0.1) is 10.7 Å². The fourth-order valence-electron chi connectivity index (χ4n) is 2.26. The van der Waals surface area contributed by atoms with E-state index in [1.54, 1.807) is 0 Å². The Morgan fingerprint density at radius 2 is 1.74 bits per heavy atom. The lowest BCUT2D eigenvalue weighted by Gasteiger charge is -2.34. The van der Waals surface area contributed by atoms with E-state index in [9.17, 15) is 22.8 Å². The quantitative estimate of drug-likeness (QED) is 0.757. The van der Waals surface area contributed by atoms with Gasteiger partial charge in [0, 0.05) is 26.2 Å². The number of carbonyl (C=O) groups excluding carboxylic acids is 2. The first-order valence-electron chi connectivity index (χ1n) is 6.73. The summed E-state index contributed by atoms with van der Waals surface area (Å²) in [5, 5.41) is 2.88. The number of aromatic nitrogens is 2. The lowest BCUT2D eigenvalue weighted by Crippen LogP contribution is -2.51. The molecule has 0 unspecified atom stereocenters. The number of amides is 2. The van der Waals surface area contributed by atoms with Gasteiger partial charge in [-0.2, -0.15) is 18.3 Å². The van der Waals surface area contributed by atoms with Crippen LogP contribution in [0.1, 0.15) is 11.4 Å². The second-order valence-electron chi connectivity index (χ2n) is 5.11. The van der Waals surface area contributed by atoms with Crippen molar-refractivity contribution in [3.05, 3.63) is 16.4 Å². The number of halogens is 4. The average Bonchev–Trinajstić information content (AvgIpc) is 2.75. The van der Waals surface area contributed by atoms with Gasteiger partial charge in [0.25, 0.3) is 0 Å². The van der Waals surface area contributed by atoms with E-state index in [-0.39, 0.29) is 38.4 Å². The highest BCUT2D eigenvalue weighted by Gasteiger charge is 2.38. The molecule has 0 bridgehead atoms. The van der Waals surface area contributed by atoms with Crippen LogP contribution in [-0.2, 0) is 17.5 Å². The number of nitrogens with zero attached hydrogens (tertiary/aromatic N) is 4. The van der Waals surface area contributed by atoms with Crippen LogP contribution in [0, 0.1) is 6.92 Å². The summed E-state index contributed by atoms with van der Waals surface area (Å²) in [7, 11) is 5.14. The van der Waals surface area contributed by atoms with Crippen LogP contribution in [0.5, 0.6) is 0 Å². The smallest absolute Gasteiger partial charge is 0.349 e. The Labute approximate surface area is 136 Å². The maximum Gasteiger partial charge on any atom is 0.436 e. The van der Waals surface area contributed by atoms with Crippen molar-refractivity contribution in [3.8, 4) is 0 Å². The summed E-state index contributed by atoms with van der Waals surface area (Å²) in [4.78, 5) is 26.0. The molecule has 2 heterocycles. The molecule has 6 nitrogen and oxygen atoms in total. The van der Waals surface area contributed by atoms with Gasteiger partial charge in [0.1, 0.15) is 6.54 Å². The van der Waals surface area contributed by atoms with E-state index in [2.05, 4.69) is 5.10 Å². The molecular formula is C12H13BClF3N4O2. The molecule has 0 saturated carbocycles. The summed E-state index contributed by atoms with van der Waals surface area (Å²) in [5.74, 6) is -0.966. The monoisotopic (exact) mass is 348 g/mol. The van der Waals surface area contributed by atoms with Crippen molar-refractivity contribution in [2.24, 2.45) is 0 Å². The van der Waals surface area contributed by atoms with Crippen molar-refractivity contribution in [1.29, 1.82) is 0 Å². The van der Waals surface area contributed by atoms with E-state index in [1.807, 2.05) is 0 Å². The van der Waals surface area contributed by atoms with E-state index in [4.69, 9.17) is 19.4 Å². The normalized spacial score (nSPS) is 15.9. The molecule has 1 aromatic rings. The Balaban J connectivity index is 2.06. The molecule has 2 rings (SSSR count). The summed E-state index contributed by atoms with van der Waals surface area (Å²) in [5.41, 5.74) is -1.13. The lowest BCUT2D eigenvalue weighted by molar-refractivity contribution is -0.142. The van der Waals surface area contributed by atoms with Crippen molar-refractivity contribution in [3.63, 3.8) is 0 Å². The number of hydrogen-bond donors (Lipinski definition) is 0. The van der Waals surface area contributed by atoms with E-state index in [1.165, 1.54) is 16.7 Å². The summed E-state index contributed by atoms with van der Waals surface area (Å²) in [6.45, 7) is 2.12. The fraction of sp³-hybridized carbons (Fsp3) is 0.583. The predicted molar refractivity (Wildman–Crippen MR) is 76.3 cm³/mol. The SMILES string of the molecule is [B]C(=O)N1CCN(C(=O)Cn2nc(C(F)(F)F)c(Cl)c2C)CC1.